The first-order valence-electron chi connectivity index (χ1n) is 6.71. The number of hydrogen-bond donors (Lipinski definition) is 1. The summed E-state index contributed by atoms with van der Waals surface area (Å²) in [4.78, 5) is 15.3. The van der Waals surface area contributed by atoms with Crippen LogP contribution in [0.1, 0.15) is 6.42 Å². The fraction of sp³-hybridized carbons (Fsp3) is 0.429. The fourth-order valence-corrected chi connectivity index (χ4v) is 3.39. The molecule has 0 saturated carbocycles. The number of imidazole rings is 1. The number of carboxylic acids is 1. The minimum Gasteiger partial charge on any atom is -0.481 e. The summed E-state index contributed by atoms with van der Waals surface area (Å²) < 4.78 is 7.50. The number of carboxylic acid groups (broad SMARTS) is 1. The van der Waals surface area contributed by atoms with Gasteiger partial charge in [-0.3, -0.25) is 4.79 Å². The van der Waals surface area contributed by atoms with Gasteiger partial charge < -0.3 is 14.4 Å². The summed E-state index contributed by atoms with van der Waals surface area (Å²) in [5.41, 5.74) is 1.79. The largest absolute Gasteiger partial charge is 0.481 e. The van der Waals surface area contributed by atoms with Crippen molar-refractivity contribution in [2.75, 3.05) is 19.0 Å². The van der Waals surface area contributed by atoms with Gasteiger partial charge >= 0.3 is 5.97 Å². The summed E-state index contributed by atoms with van der Waals surface area (Å²) in [6, 6.07) is 5.58. The molecule has 1 unspecified atom stereocenters. The summed E-state index contributed by atoms with van der Waals surface area (Å²) >= 11 is 7.25. The van der Waals surface area contributed by atoms with E-state index < -0.39 is 5.97 Å². The van der Waals surface area contributed by atoms with E-state index in [0.717, 1.165) is 42.4 Å². The van der Waals surface area contributed by atoms with Gasteiger partial charge in [-0.15, -0.1) is 0 Å². The molecule has 1 N–H and O–H groups in total. The average Bonchev–Trinajstić information content (AvgIpc) is 3.05. The van der Waals surface area contributed by atoms with E-state index >= 15 is 0 Å². The molecule has 0 amide bonds. The van der Waals surface area contributed by atoms with Crippen molar-refractivity contribution in [1.29, 1.82) is 0 Å². The van der Waals surface area contributed by atoms with E-state index in [1.165, 1.54) is 11.8 Å². The predicted molar refractivity (Wildman–Crippen MR) is 82.0 cm³/mol. The number of ether oxygens (including phenoxy) is 1. The Balaban J connectivity index is 1.95. The van der Waals surface area contributed by atoms with Gasteiger partial charge in [-0.1, -0.05) is 23.4 Å². The van der Waals surface area contributed by atoms with Crippen LogP contribution in [-0.4, -0.2) is 39.6 Å². The smallest absolute Gasteiger partial charge is 0.313 e. The minimum atomic E-state index is -0.846. The van der Waals surface area contributed by atoms with Crippen LogP contribution in [0.4, 0.5) is 0 Å². The average molecular weight is 327 g/mol. The molecule has 1 saturated heterocycles. The van der Waals surface area contributed by atoms with Crippen molar-refractivity contribution in [3.05, 3.63) is 23.2 Å². The molecule has 3 rings (SSSR count). The zero-order valence-electron chi connectivity index (χ0n) is 11.3. The molecule has 21 heavy (non-hydrogen) atoms. The maximum atomic E-state index is 10.8. The molecule has 2 aromatic rings. The van der Waals surface area contributed by atoms with E-state index in [1.54, 1.807) is 0 Å². The van der Waals surface area contributed by atoms with Gasteiger partial charge in [0.15, 0.2) is 5.16 Å². The molecule has 1 aliphatic rings. The van der Waals surface area contributed by atoms with Gasteiger partial charge in [0.25, 0.3) is 0 Å². The first kappa shape index (κ1) is 14.7. The van der Waals surface area contributed by atoms with Crippen molar-refractivity contribution >= 4 is 40.4 Å². The Bertz CT molecular complexity index is 668. The Labute approximate surface area is 131 Å². The minimum absolute atomic E-state index is 0.00177. The second kappa shape index (κ2) is 6.25. The monoisotopic (exact) mass is 326 g/mol. The highest BCUT2D eigenvalue weighted by Gasteiger charge is 2.20. The van der Waals surface area contributed by atoms with Gasteiger partial charge in [-0.05, 0) is 24.6 Å². The van der Waals surface area contributed by atoms with Crippen molar-refractivity contribution in [3.8, 4) is 0 Å². The van der Waals surface area contributed by atoms with E-state index in [9.17, 15) is 4.79 Å². The highest BCUT2D eigenvalue weighted by molar-refractivity contribution is 7.99. The van der Waals surface area contributed by atoms with Gasteiger partial charge in [0, 0.05) is 24.1 Å². The maximum Gasteiger partial charge on any atom is 0.313 e. The Kier molecular flexibility index (Phi) is 4.37. The lowest BCUT2D eigenvalue weighted by Crippen LogP contribution is -2.12. The molecule has 7 heteroatoms. The molecule has 1 aliphatic heterocycles. The van der Waals surface area contributed by atoms with Crippen molar-refractivity contribution in [2.45, 2.75) is 18.1 Å². The lowest BCUT2D eigenvalue weighted by molar-refractivity contribution is -0.133. The molecule has 1 atom stereocenters. The van der Waals surface area contributed by atoms with Crippen molar-refractivity contribution in [3.63, 3.8) is 0 Å². The lowest BCUT2D eigenvalue weighted by atomic mass is 10.1. The van der Waals surface area contributed by atoms with Gasteiger partial charge in [0.2, 0.25) is 0 Å². The summed E-state index contributed by atoms with van der Waals surface area (Å²) in [5, 5.41) is 10.2. The van der Waals surface area contributed by atoms with Gasteiger partial charge in [-0.2, -0.15) is 0 Å². The third kappa shape index (κ3) is 3.33. The SMILES string of the molecule is O=C(O)CSc1nc2cc(Cl)ccc2n1CC1CCOC1. The summed E-state index contributed by atoms with van der Waals surface area (Å²) in [7, 11) is 0. The van der Waals surface area contributed by atoms with Gasteiger partial charge in [0.1, 0.15) is 0 Å². The third-order valence-corrected chi connectivity index (χ3v) is 4.66. The molecule has 0 radical (unpaired) electrons. The molecule has 0 aliphatic carbocycles. The zero-order valence-corrected chi connectivity index (χ0v) is 12.9. The van der Waals surface area contributed by atoms with E-state index in [1.807, 2.05) is 18.2 Å². The molecule has 0 spiro atoms. The standard InChI is InChI=1S/C14H15ClN2O3S/c15-10-1-2-12-11(5-10)16-14(21-8-13(18)19)17(12)6-9-3-4-20-7-9/h1-2,5,9H,3-4,6-8H2,(H,18,19). The summed E-state index contributed by atoms with van der Waals surface area (Å²) in [5.74, 6) is -0.402. The first-order chi connectivity index (χ1) is 10.1. The van der Waals surface area contributed by atoms with Crippen LogP contribution in [0.25, 0.3) is 11.0 Å². The molecule has 5 nitrogen and oxygen atoms in total. The second-order valence-electron chi connectivity index (χ2n) is 5.05. The summed E-state index contributed by atoms with van der Waals surface area (Å²) in [6.45, 7) is 2.33. The first-order valence-corrected chi connectivity index (χ1v) is 8.08. The quantitative estimate of drug-likeness (QED) is 0.856. The van der Waals surface area contributed by atoms with Crippen LogP contribution in [0.15, 0.2) is 23.4 Å². The number of fused-ring (bicyclic) bond motifs is 1. The van der Waals surface area contributed by atoms with E-state index in [2.05, 4.69) is 9.55 Å². The van der Waals surface area contributed by atoms with E-state index in [0.29, 0.717) is 10.9 Å². The van der Waals surface area contributed by atoms with Crippen LogP contribution in [0.3, 0.4) is 0 Å². The predicted octanol–water partition coefficient (Wildman–Crippen LogP) is 2.90. The highest BCUT2D eigenvalue weighted by Crippen LogP contribution is 2.28. The maximum absolute atomic E-state index is 10.8. The molecule has 1 aromatic carbocycles. The Hall–Kier alpha value is -1.24. The highest BCUT2D eigenvalue weighted by atomic mass is 35.5. The van der Waals surface area contributed by atoms with E-state index in [4.69, 9.17) is 21.4 Å². The van der Waals surface area contributed by atoms with Crippen LogP contribution in [-0.2, 0) is 16.1 Å². The summed E-state index contributed by atoms with van der Waals surface area (Å²) in [6.07, 6.45) is 1.02. The number of halogens is 1. The third-order valence-electron chi connectivity index (χ3n) is 3.46. The number of benzene rings is 1. The number of nitrogens with zero attached hydrogens (tertiary/aromatic N) is 2. The van der Waals surface area contributed by atoms with E-state index in [-0.39, 0.29) is 5.75 Å². The molecule has 1 fully saturated rings. The second-order valence-corrected chi connectivity index (χ2v) is 6.43. The molecule has 112 valence electrons. The normalized spacial score (nSPS) is 18.4. The van der Waals surface area contributed by atoms with Crippen LogP contribution in [0.2, 0.25) is 5.02 Å². The molecule has 0 bridgehead atoms. The van der Waals surface area contributed by atoms with Crippen LogP contribution in [0.5, 0.6) is 0 Å². The van der Waals surface area contributed by atoms with Crippen LogP contribution in [0, 0.1) is 5.92 Å². The van der Waals surface area contributed by atoms with Crippen LogP contribution >= 0.6 is 23.4 Å². The number of aliphatic carboxylic acids is 1. The van der Waals surface area contributed by atoms with Crippen molar-refractivity contribution < 1.29 is 14.6 Å². The Morgan fingerprint density at radius 2 is 2.43 bits per heavy atom. The molecule has 2 heterocycles. The number of aromatic nitrogens is 2. The lowest BCUT2D eigenvalue weighted by Gasteiger charge is -2.12. The Morgan fingerprint density at radius 1 is 1.57 bits per heavy atom. The fourth-order valence-electron chi connectivity index (χ4n) is 2.48. The molecular weight excluding hydrogens is 312 g/mol. The van der Waals surface area contributed by atoms with Crippen molar-refractivity contribution in [2.24, 2.45) is 5.92 Å². The molecule has 1 aromatic heterocycles. The number of rotatable bonds is 5. The van der Waals surface area contributed by atoms with Gasteiger partial charge in [-0.25, -0.2) is 4.98 Å². The van der Waals surface area contributed by atoms with Crippen molar-refractivity contribution in [1.82, 2.24) is 9.55 Å². The van der Waals surface area contributed by atoms with Gasteiger partial charge in [0.05, 0.1) is 23.4 Å². The number of hydrogen-bond acceptors (Lipinski definition) is 4. The number of thioether (sulfide) groups is 1. The molecular formula is C14H15ClN2O3S. The zero-order chi connectivity index (χ0) is 14.8. The topological polar surface area (TPSA) is 64.3 Å². The van der Waals surface area contributed by atoms with Crippen LogP contribution < -0.4 is 0 Å². The number of carbonyl (C=O) groups is 1. The Morgan fingerprint density at radius 3 is 3.14 bits per heavy atom.